The Bertz CT molecular complexity index is 835. The van der Waals surface area contributed by atoms with Gasteiger partial charge in [-0.25, -0.2) is 0 Å². The number of rotatable bonds is 2. The topological polar surface area (TPSA) is 0 Å². The van der Waals surface area contributed by atoms with Crippen LogP contribution in [0.2, 0.25) is 0 Å². The average molecular weight is 312 g/mol. The average Bonchev–Trinajstić information content (AvgIpc) is 2.63. The predicted octanol–water partition coefficient (Wildman–Crippen LogP) is 6.40. The molecule has 2 aromatic carbocycles. The van der Waals surface area contributed by atoms with Crippen molar-refractivity contribution in [3.63, 3.8) is 0 Å². The van der Waals surface area contributed by atoms with Crippen molar-refractivity contribution in [3.8, 4) is 0 Å². The van der Waals surface area contributed by atoms with Crippen LogP contribution in [0.15, 0.2) is 66.8 Å². The zero-order chi connectivity index (χ0) is 16.5. The van der Waals surface area contributed by atoms with E-state index < -0.39 is 0 Å². The second kappa shape index (κ2) is 6.28. The van der Waals surface area contributed by atoms with E-state index in [0.717, 1.165) is 6.42 Å². The van der Waals surface area contributed by atoms with Gasteiger partial charge in [-0.1, -0.05) is 86.7 Å². The summed E-state index contributed by atoms with van der Waals surface area (Å²) in [5.74, 6) is 1.12. The minimum Gasteiger partial charge on any atom is -0.0908 e. The fourth-order valence-electron chi connectivity index (χ4n) is 4.24. The first-order chi connectivity index (χ1) is 11.8. The molecule has 4 rings (SSSR count). The maximum atomic E-state index is 4.51. The Morgan fingerprint density at radius 1 is 1.00 bits per heavy atom. The van der Waals surface area contributed by atoms with Crippen LogP contribution in [0.3, 0.4) is 0 Å². The van der Waals surface area contributed by atoms with Crippen LogP contribution in [0.5, 0.6) is 0 Å². The smallest absolute Gasteiger partial charge is 0.00521 e. The van der Waals surface area contributed by atoms with E-state index in [1.807, 2.05) is 0 Å². The van der Waals surface area contributed by atoms with E-state index in [-0.39, 0.29) is 0 Å². The Labute approximate surface area is 145 Å². The van der Waals surface area contributed by atoms with Crippen LogP contribution >= 0.6 is 0 Å². The van der Waals surface area contributed by atoms with E-state index in [4.69, 9.17) is 0 Å². The fourth-order valence-corrected chi connectivity index (χ4v) is 4.24. The highest BCUT2D eigenvalue weighted by molar-refractivity contribution is 5.89. The van der Waals surface area contributed by atoms with Gasteiger partial charge in [0.05, 0.1) is 0 Å². The van der Waals surface area contributed by atoms with Crippen molar-refractivity contribution in [2.75, 3.05) is 0 Å². The molecule has 0 amide bonds. The van der Waals surface area contributed by atoms with Crippen LogP contribution in [-0.4, -0.2) is 0 Å². The van der Waals surface area contributed by atoms with E-state index in [2.05, 4.69) is 80.3 Å². The lowest BCUT2D eigenvalue weighted by Crippen LogP contribution is -2.23. The van der Waals surface area contributed by atoms with E-state index in [1.54, 1.807) is 0 Å². The fraction of sp³-hybridized carbons (Fsp3) is 0.250. The molecule has 0 aliphatic heterocycles. The third kappa shape index (κ3) is 2.57. The molecular formula is C24H24. The summed E-state index contributed by atoms with van der Waals surface area (Å²) in [6, 6.07) is 17.5. The van der Waals surface area contributed by atoms with E-state index in [9.17, 15) is 0 Å². The van der Waals surface area contributed by atoms with Gasteiger partial charge in [0.15, 0.2) is 0 Å². The van der Waals surface area contributed by atoms with Gasteiger partial charge in [-0.2, -0.15) is 0 Å². The van der Waals surface area contributed by atoms with Gasteiger partial charge < -0.3 is 0 Å². The summed E-state index contributed by atoms with van der Waals surface area (Å²) >= 11 is 0. The minimum atomic E-state index is 0.539. The molecule has 2 atom stereocenters. The lowest BCUT2D eigenvalue weighted by molar-refractivity contribution is 0.426. The summed E-state index contributed by atoms with van der Waals surface area (Å²) in [6.45, 7) is 6.79. The summed E-state index contributed by atoms with van der Waals surface area (Å²) in [7, 11) is 0. The van der Waals surface area contributed by atoms with E-state index in [1.165, 1.54) is 46.2 Å². The summed E-state index contributed by atoms with van der Waals surface area (Å²) in [5, 5.41) is 0. The molecule has 2 aliphatic carbocycles. The van der Waals surface area contributed by atoms with Gasteiger partial charge in [0.2, 0.25) is 0 Å². The van der Waals surface area contributed by atoms with Gasteiger partial charge in [0, 0.05) is 0 Å². The van der Waals surface area contributed by atoms with Gasteiger partial charge in [-0.05, 0) is 58.1 Å². The molecule has 0 spiro atoms. The van der Waals surface area contributed by atoms with Gasteiger partial charge in [0.25, 0.3) is 0 Å². The molecular weight excluding hydrogens is 288 g/mol. The second-order valence-corrected chi connectivity index (χ2v) is 6.99. The van der Waals surface area contributed by atoms with Crippen LogP contribution < -0.4 is 0 Å². The highest BCUT2D eigenvalue weighted by Gasteiger charge is 2.30. The molecule has 0 heteroatoms. The van der Waals surface area contributed by atoms with Gasteiger partial charge in [-0.15, -0.1) is 0 Å². The molecule has 2 aliphatic rings. The molecule has 0 radical (unpaired) electrons. The second-order valence-electron chi connectivity index (χ2n) is 6.99. The summed E-state index contributed by atoms with van der Waals surface area (Å²) < 4.78 is 0. The summed E-state index contributed by atoms with van der Waals surface area (Å²) in [4.78, 5) is 0. The first-order valence-corrected chi connectivity index (χ1v) is 9.04. The summed E-state index contributed by atoms with van der Waals surface area (Å²) in [5.41, 5.74) is 8.05. The van der Waals surface area contributed by atoms with Crippen molar-refractivity contribution < 1.29 is 0 Å². The van der Waals surface area contributed by atoms with Gasteiger partial charge in [-0.3, -0.25) is 0 Å². The van der Waals surface area contributed by atoms with Gasteiger partial charge in [0.1, 0.15) is 0 Å². The van der Waals surface area contributed by atoms with E-state index in [0.29, 0.717) is 11.8 Å². The maximum absolute atomic E-state index is 4.51. The Morgan fingerprint density at radius 3 is 2.58 bits per heavy atom. The third-order valence-electron chi connectivity index (χ3n) is 5.50. The van der Waals surface area contributed by atoms with Crippen LogP contribution in [0, 0.1) is 11.8 Å². The van der Waals surface area contributed by atoms with Crippen LogP contribution in [0.25, 0.3) is 17.7 Å². The molecule has 24 heavy (non-hydrogen) atoms. The molecule has 0 nitrogen and oxygen atoms in total. The monoisotopic (exact) mass is 312 g/mol. The zero-order valence-corrected chi connectivity index (χ0v) is 14.3. The van der Waals surface area contributed by atoms with Crippen molar-refractivity contribution >= 4 is 17.7 Å². The number of fused-ring (bicyclic) bond motifs is 3. The quantitative estimate of drug-likeness (QED) is 0.602. The maximum Gasteiger partial charge on any atom is -0.00521 e. The highest BCUT2D eigenvalue weighted by Crippen LogP contribution is 2.43. The first kappa shape index (κ1) is 15.2. The molecule has 0 N–H and O–H groups in total. The van der Waals surface area contributed by atoms with Crippen molar-refractivity contribution in [1.82, 2.24) is 0 Å². The number of hydrogen-bond donors (Lipinski definition) is 0. The molecule has 0 saturated carbocycles. The number of hydrogen-bond acceptors (Lipinski definition) is 0. The Morgan fingerprint density at radius 2 is 1.75 bits per heavy atom. The van der Waals surface area contributed by atoms with Crippen LogP contribution in [0.4, 0.5) is 0 Å². The molecule has 0 heterocycles. The Kier molecular flexibility index (Phi) is 3.98. The van der Waals surface area contributed by atoms with Crippen LogP contribution in [-0.2, 0) is 6.42 Å². The Hall–Kier alpha value is -2.34. The van der Waals surface area contributed by atoms with Crippen molar-refractivity contribution in [1.29, 1.82) is 0 Å². The first-order valence-electron chi connectivity index (χ1n) is 9.04. The van der Waals surface area contributed by atoms with Gasteiger partial charge >= 0.3 is 0 Å². The lowest BCUT2D eigenvalue weighted by atomic mass is 9.70. The molecule has 0 saturated heterocycles. The largest absolute Gasteiger partial charge is 0.0908 e. The molecule has 0 aromatic heterocycles. The van der Waals surface area contributed by atoms with E-state index >= 15 is 0 Å². The zero-order valence-electron chi connectivity index (χ0n) is 14.3. The lowest BCUT2D eigenvalue weighted by Gasteiger charge is -2.34. The normalized spacial score (nSPS) is 23.2. The molecule has 0 fully saturated rings. The third-order valence-corrected chi connectivity index (χ3v) is 5.50. The molecule has 0 bridgehead atoms. The van der Waals surface area contributed by atoms with Crippen molar-refractivity contribution in [2.24, 2.45) is 11.8 Å². The standard InChI is InChI=1S/C24H24/c1-3-8-18-13-14-19-9-6-7-12-22(19)17(2)23-15-20-10-4-5-11-21(20)16-24(18)23/h4-7,9-15,18,24H,2-3,8,16H2,1H3/b14-13-. The van der Waals surface area contributed by atoms with Crippen LogP contribution in [0.1, 0.15) is 42.0 Å². The predicted molar refractivity (Wildman–Crippen MR) is 105 cm³/mol. The molecule has 2 unspecified atom stereocenters. The van der Waals surface area contributed by atoms with Crippen molar-refractivity contribution in [3.05, 3.63) is 89.0 Å². The van der Waals surface area contributed by atoms with Crippen molar-refractivity contribution in [2.45, 2.75) is 26.2 Å². The molecule has 2 aromatic rings. The Balaban J connectivity index is 1.89. The highest BCUT2D eigenvalue weighted by atomic mass is 14.3. The summed E-state index contributed by atoms with van der Waals surface area (Å²) in [6.07, 6.45) is 10.7. The SMILES string of the molecule is C=C1C2=Cc3ccccc3CC2C(CCC)/C=C\c2ccccc21. The number of allylic oxidation sites excluding steroid dienone is 3. The minimum absolute atomic E-state index is 0.539. The molecule has 120 valence electrons. The number of benzene rings is 2.